The largest absolute Gasteiger partial charge is 0.377 e. The van der Waals surface area contributed by atoms with Crippen molar-refractivity contribution < 1.29 is 4.52 Å². The van der Waals surface area contributed by atoms with E-state index in [0.29, 0.717) is 5.88 Å². The average Bonchev–Trinajstić information content (AvgIpc) is 2.64. The third-order valence-corrected chi connectivity index (χ3v) is 2.27. The van der Waals surface area contributed by atoms with E-state index < -0.39 is 0 Å². The minimum absolute atomic E-state index is 0.351. The van der Waals surface area contributed by atoms with Gasteiger partial charge in [-0.25, -0.2) is 0 Å². The van der Waals surface area contributed by atoms with E-state index in [1.54, 1.807) is 6.20 Å². The summed E-state index contributed by atoms with van der Waals surface area (Å²) in [6, 6.07) is 7.98. The summed E-state index contributed by atoms with van der Waals surface area (Å²) < 4.78 is 4.86. The highest BCUT2D eigenvalue weighted by Crippen LogP contribution is 2.32. The third-order valence-electron chi connectivity index (χ3n) is 2.27. The van der Waals surface area contributed by atoms with Crippen LogP contribution in [0, 0.1) is 0 Å². The lowest BCUT2D eigenvalue weighted by atomic mass is 10.1. The van der Waals surface area contributed by atoms with Gasteiger partial charge in [-0.2, -0.15) is 0 Å². The summed E-state index contributed by atoms with van der Waals surface area (Å²) in [7, 11) is 3.98. The summed E-state index contributed by atoms with van der Waals surface area (Å²) in [6.45, 7) is 0. The number of nitrogens with two attached hydrogens (primary N) is 1. The van der Waals surface area contributed by atoms with E-state index in [1.807, 2.05) is 43.3 Å². The van der Waals surface area contributed by atoms with Gasteiger partial charge in [-0.3, -0.25) is 0 Å². The van der Waals surface area contributed by atoms with Crippen molar-refractivity contribution in [2.24, 2.45) is 0 Å². The standard InChI is InChI=1S/C11H13N3O/c1-14(2)10-6-4-3-5-8(10)9-7-13-15-11(9)12/h3-7H,12H2,1-2H3. The molecule has 1 heterocycles. The molecule has 4 nitrogen and oxygen atoms in total. The Balaban J connectivity index is 2.58. The first-order valence-corrected chi connectivity index (χ1v) is 4.67. The molecule has 1 aromatic carbocycles. The fraction of sp³-hybridized carbons (Fsp3) is 0.182. The fourth-order valence-corrected chi connectivity index (χ4v) is 1.54. The Morgan fingerprint density at radius 2 is 1.93 bits per heavy atom. The number of anilines is 2. The van der Waals surface area contributed by atoms with E-state index in [4.69, 9.17) is 10.3 Å². The monoisotopic (exact) mass is 203 g/mol. The number of benzene rings is 1. The molecule has 4 heteroatoms. The molecule has 0 amide bonds. The van der Waals surface area contributed by atoms with Crippen molar-refractivity contribution in [1.29, 1.82) is 0 Å². The highest BCUT2D eigenvalue weighted by Gasteiger charge is 2.11. The van der Waals surface area contributed by atoms with Gasteiger partial charge in [-0.05, 0) is 6.07 Å². The van der Waals surface area contributed by atoms with E-state index in [-0.39, 0.29) is 0 Å². The molecule has 2 aromatic rings. The quantitative estimate of drug-likeness (QED) is 0.811. The zero-order chi connectivity index (χ0) is 10.8. The maximum atomic E-state index is 5.69. The number of nitrogen functional groups attached to an aromatic ring is 1. The lowest BCUT2D eigenvalue weighted by molar-refractivity contribution is 0.436. The molecule has 2 rings (SSSR count). The Morgan fingerprint density at radius 3 is 2.53 bits per heavy atom. The number of nitrogens with zero attached hydrogens (tertiary/aromatic N) is 2. The molecule has 78 valence electrons. The lowest BCUT2D eigenvalue weighted by Crippen LogP contribution is -2.09. The molecular weight excluding hydrogens is 190 g/mol. The Labute approximate surface area is 88.3 Å². The minimum atomic E-state index is 0.351. The number of hydrogen-bond acceptors (Lipinski definition) is 4. The molecule has 0 bridgehead atoms. The molecule has 0 atom stereocenters. The summed E-state index contributed by atoms with van der Waals surface area (Å²) in [5, 5.41) is 3.68. The highest BCUT2D eigenvalue weighted by molar-refractivity contribution is 5.82. The Bertz CT molecular complexity index is 462. The van der Waals surface area contributed by atoms with Crippen molar-refractivity contribution in [3.63, 3.8) is 0 Å². The van der Waals surface area contributed by atoms with Crippen LogP contribution in [0.25, 0.3) is 11.1 Å². The SMILES string of the molecule is CN(C)c1ccccc1-c1cnoc1N. The van der Waals surface area contributed by atoms with Crippen molar-refractivity contribution in [1.82, 2.24) is 5.16 Å². The molecule has 0 radical (unpaired) electrons. The first kappa shape index (κ1) is 9.58. The molecule has 0 aliphatic heterocycles. The van der Waals surface area contributed by atoms with Crippen LogP contribution in [0.5, 0.6) is 0 Å². The van der Waals surface area contributed by atoms with Gasteiger partial charge in [0, 0.05) is 25.3 Å². The average molecular weight is 203 g/mol. The van der Waals surface area contributed by atoms with Crippen molar-refractivity contribution in [2.75, 3.05) is 24.7 Å². The van der Waals surface area contributed by atoms with Crippen LogP contribution in [0.3, 0.4) is 0 Å². The second-order valence-electron chi connectivity index (χ2n) is 3.52. The van der Waals surface area contributed by atoms with Crippen LogP contribution in [0.4, 0.5) is 11.6 Å². The highest BCUT2D eigenvalue weighted by atomic mass is 16.5. The first-order valence-electron chi connectivity index (χ1n) is 4.67. The normalized spacial score (nSPS) is 10.3. The molecule has 0 saturated carbocycles. The maximum Gasteiger partial charge on any atom is 0.230 e. The van der Waals surface area contributed by atoms with Gasteiger partial charge >= 0.3 is 0 Å². The molecular formula is C11H13N3O. The van der Waals surface area contributed by atoms with Crippen LogP contribution in [0.1, 0.15) is 0 Å². The van der Waals surface area contributed by atoms with E-state index in [2.05, 4.69) is 5.16 Å². The lowest BCUT2D eigenvalue weighted by Gasteiger charge is -2.16. The third kappa shape index (κ3) is 1.66. The van der Waals surface area contributed by atoms with Gasteiger partial charge in [-0.15, -0.1) is 0 Å². The summed E-state index contributed by atoms with van der Waals surface area (Å²) in [5.74, 6) is 0.351. The van der Waals surface area contributed by atoms with Gasteiger partial charge in [0.05, 0.1) is 11.8 Å². The topological polar surface area (TPSA) is 55.3 Å². The van der Waals surface area contributed by atoms with Gasteiger partial charge < -0.3 is 15.2 Å². The van der Waals surface area contributed by atoms with E-state index in [9.17, 15) is 0 Å². The van der Waals surface area contributed by atoms with Crippen LogP contribution in [0.2, 0.25) is 0 Å². The molecule has 0 unspecified atom stereocenters. The molecule has 0 spiro atoms. The molecule has 15 heavy (non-hydrogen) atoms. The summed E-state index contributed by atoms with van der Waals surface area (Å²) in [5.41, 5.74) is 8.65. The van der Waals surface area contributed by atoms with Crippen molar-refractivity contribution in [3.8, 4) is 11.1 Å². The number of rotatable bonds is 2. The van der Waals surface area contributed by atoms with Crippen molar-refractivity contribution in [2.45, 2.75) is 0 Å². The van der Waals surface area contributed by atoms with Crippen LogP contribution < -0.4 is 10.6 Å². The predicted molar refractivity (Wildman–Crippen MR) is 60.7 cm³/mol. The molecule has 2 N–H and O–H groups in total. The van der Waals surface area contributed by atoms with Crippen molar-refractivity contribution in [3.05, 3.63) is 30.5 Å². The predicted octanol–water partition coefficient (Wildman–Crippen LogP) is 1.99. The fourth-order valence-electron chi connectivity index (χ4n) is 1.54. The van der Waals surface area contributed by atoms with Gasteiger partial charge in [0.1, 0.15) is 0 Å². The van der Waals surface area contributed by atoms with E-state index in [1.165, 1.54) is 0 Å². The zero-order valence-electron chi connectivity index (χ0n) is 8.77. The Kier molecular flexibility index (Phi) is 2.33. The van der Waals surface area contributed by atoms with Gasteiger partial charge in [0.15, 0.2) is 0 Å². The summed E-state index contributed by atoms with van der Waals surface area (Å²) in [6.07, 6.45) is 1.64. The van der Waals surface area contributed by atoms with Crippen molar-refractivity contribution >= 4 is 11.6 Å². The molecule has 0 saturated heterocycles. The summed E-state index contributed by atoms with van der Waals surface area (Å²) >= 11 is 0. The smallest absolute Gasteiger partial charge is 0.230 e. The first-order chi connectivity index (χ1) is 7.20. The van der Waals surface area contributed by atoms with Crippen LogP contribution >= 0.6 is 0 Å². The molecule has 1 aromatic heterocycles. The van der Waals surface area contributed by atoms with Crippen LogP contribution in [-0.2, 0) is 0 Å². The van der Waals surface area contributed by atoms with E-state index in [0.717, 1.165) is 16.8 Å². The van der Waals surface area contributed by atoms with Gasteiger partial charge in [0.25, 0.3) is 0 Å². The minimum Gasteiger partial charge on any atom is -0.377 e. The Morgan fingerprint density at radius 1 is 1.20 bits per heavy atom. The van der Waals surface area contributed by atoms with Gasteiger partial charge in [0.2, 0.25) is 5.88 Å². The van der Waals surface area contributed by atoms with Crippen LogP contribution in [-0.4, -0.2) is 19.3 Å². The molecule has 0 fully saturated rings. The van der Waals surface area contributed by atoms with Crippen LogP contribution in [0.15, 0.2) is 35.0 Å². The summed E-state index contributed by atoms with van der Waals surface area (Å²) in [4.78, 5) is 2.03. The van der Waals surface area contributed by atoms with Gasteiger partial charge in [-0.1, -0.05) is 23.4 Å². The number of hydrogen-bond donors (Lipinski definition) is 1. The maximum absolute atomic E-state index is 5.69. The second kappa shape index (κ2) is 3.65. The Hall–Kier alpha value is -1.97. The molecule has 0 aliphatic rings. The number of aromatic nitrogens is 1. The second-order valence-corrected chi connectivity index (χ2v) is 3.52. The molecule has 0 aliphatic carbocycles. The number of para-hydroxylation sites is 1. The van der Waals surface area contributed by atoms with E-state index >= 15 is 0 Å². The zero-order valence-corrected chi connectivity index (χ0v) is 8.77.